The van der Waals surface area contributed by atoms with E-state index in [1.54, 1.807) is 32.0 Å². The van der Waals surface area contributed by atoms with Crippen LogP contribution in [-0.4, -0.2) is 127 Å². The fourth-order valence-electron chi connectivity index (χ4n) is 7.87. The minimum atomic E-state index is -4.97. The lowest BCUT2D eigenvalue weighted by molar-refractivity contribution is -0.134. The molecular weight excluding hydrogens is 1060 g/mol. The molecule has 0 fully saturated rings. The molecule has 0 saturated carbocycles. The summed E-state index contributed by atoms with van der Waals surface area (Å²) in [6.07, 6.45) is -3.55. The van der Waals surface area contributed by atoms with Crippen LogP contribution in [0.4, 0.5) is 5.69 Å². The number of nitrogens with two attached hydrogens (primary N) is 2. The molecule has 0 radical (unpaired) electrons. The molecule has 3 aromatic carbocycles. The van der Waals surface area contributed by atoms with E-state index in [1.807, 2.05) is 0 Å². The number of carbonyl (C=O) groups is 8. The number of benzene rings is 4. The van der Waals surface area contributed by atoms with Crippen LogP contribution in [0.2, 0.25) is 0 Å². The number of aliphatic hydroxyl groups is 2. The Morgan fingerprint density at radius 2 is 1.46 bits per heavy atom. The molecule has 26 nitrogen and oxygen atoms in total. The zero-order valence-corrected chi connectivity index (χ0v) is 43.4. The highest BCUT2D eigenvalue weighted by molar-refractivity contribution is 7.78. The number of fused-ring (bicyclic) bond motifs is 2. The summed E-state index contributed by atoms with van der Waals surface area (Å²) in [6, 6.07) is 11.9. The first-order chi connectivity index (χ1) is 36.8. The Labute approximate surface area is 449 Å². The molecule has 78 heavy (non-hydrogen) atoms. The molecule has 3 aromatic rings. The van der Waals surface area contributed by atoms with E-state index in [2.05, 4.69) is 46.6 Å². The Hall–Kier alpha value is -8.42. The van der Waals surface area contributed by atoms with Crippen LogP contribution < -0.4 is 53.3 Å². The molecule has 2 aliphatic rings. The van der Waals surface area contributed by atoms with Gasteiger partial charge in [-0.2, -0.15) is 4.99 Å². The van der Waals surface area contributed by atoms with Crippen molar-refractivity contribution in [2.75, 3.05) is 19.7 Å². The van der Waals surface area contributed by atoms with Crippen LogP contribution in [0.5, 0.6) is 11.5 Å². The minimum Gasteiger partial charge on any atom is -0.508 e. The number of primary amides is 2. The molecule has 1 unspecified atom stereocenters. The average molecular weight is 1120 g/mol. The third-order valence-electron chi connectivity index (χ3n) is 11.5. The van der Waals surface area contributed by atoms with E-state index >= 15 is 0 Å². The number of amides is 8. The smallest absolute Gasteiger partial charge is 0.508 e. The van der Waals surface area contributed by atoms with Gasteiger partial charge in [-0.25, -0.2) is 4.57 Å². The summed E-state index contributed by atoms with van der Waals surface area (Å²) in [7, 11) is -4.97. The predicted octanol–water partition coefficient (Wildman–Crippen LogP) is 0.0443. The van der Waals surface area contributed by atoms with E-state index in [0.29, 0.717) is 22.1 Å². The summed E-state index contributed by atoms with van der Waals surface area (Å²) in [5, 5.41) is 47.9. The van der Waals surface area contributed by atoms with Gasteiger partial charge in [-0.05, 0) is 90.6 Å². The number of nitrogens with zero attached hydrogens (tertiary/aromatic N) is 1. The van der Waals surface area contributed by atoms with Crippen LogP contribution >= 0.6 is 20.0 Å². The lowest BCUT2D eigenvalue weighted by atomic mass is 9.90. The van der Waals surface area contributed by atoms with Gasteiger partial charge in [-0.3, -0.25) is 52.9 Å². The molecule has 1 heterocycles. The van der Waals surface area contributed by atoms with E-state index < -0.39 is 124 Å². The number of isothiocyanates is 1. The second-order valence-electron chi connectivity index (χ2n) is 18.0. The van der Waals surface area contributed by atoms with Crippen molar-refractivity contribution < 1.29 is 77.0 Å². The average Bonchev–Trinajstić information content (AvgIpc) is 3.45. The zero-order chi connectivity index (χ0) is 57.4. The number of hydrogen-bond acceptors (Lipinski definition) is 17. The van der Waals surface area contributed by atoms with Crippen molar-refractivity contribution in [3.63, 3.8) is 0 Å². The van der Waals surface area contributed by atoms with Gasteiger partial charge in [0.25, 0.3) is 5.91 Å². The summed E-state index contributed by atoms with van der Waals surface area (Å²) in [5.41, 5.74) is 12.0. The molecule has 1 aliphatic heterocycles. The van der Waals surface area contributed by atoms with Gasteiger partial charge < -0.3 is 67.6 Å². The standard InChI is InChI=1S/C50H56N9O17PS/c1-25(2)15-37(49(70)59-39(23-60)46(52)67)57-44(66)22-54-48(69)36(13-14-42(51)64)58-50(71)38(16-26-3-8-31(9-4-26)76-77(72,73)74)56-43(65)20-30(63)21-53-47(68)35-17-27(55-24-78)5-10-32(35)45-33-11-6-28(61)18-40(33)75-41-19-29(62)7-12-34(41)45/h3-12,17-19,25,30,36-39,60-61,63H,13-16,20-23H2,1-2H3,(H2,51,64)(H2,52,67)(H,53,68)(H,54,69)(H,56,65)(H,57,66)(H,58,71)(H,59,70)(H2,72,73,74)/t30?,36-,37-,38-,39-/m0/s1. The molecule has 5 atom stereocenters. The monoisotopic (exact) mass is 1120 g/mol. The van der Waals surface area contributed by atoms with E-state index in [4.69, 9.17) is 28.1 Å². The molecule has 8 amide bonds. The lowest BCUT2D eigenvalue weighted by Crippen LogP contribution is -2.57. The highest BCUT2D eigenvalue weighted by atomic mass is 32.1. The van der Waals surface area contributed by atoms with Gasteiger partial charge in [-0.15, -0.1) is 0 Å². The topological polar surface area (TPSA) is 431 Å². The first kappa shape index (κ1) is 60.4. The summed E-state index contributed by atoms with van der Waals surface area (Å²) in [5.74, 6) is -7.89. The normalized spacial score (nSPS) is 13.2. The van der Waals surface area contributed by atoms with Gasteiger partial charge in [-0.1, -0.05) is 32.0 Å². The fourth-order valence-corrected chi connectivity index (χ4v) is 8.37. The number of phosphoric ester groups is 1. The van der Waals surface area contributed by atoms with Gasteiger partial charge in [0.1, 0.15) is 47.0 Å². The van der Waals surface area contributed by atoms with Gasteiger partial charge in [0.15, 0.2) is 5.43 Å². The molecule has 0 saturated heterocycles. The third kappa shape index (κ3) is 17.8. The Kier molecular flexibility index (Phi) is 21.4. The number of aliphatic hydroxyl groups excluding tert-OH is 2. The predicted molar refractivity (Wildman–Crippen MR) is 282 cm³/mol. The molecule has 0 aromatic heterocycles. The van der Waals surface area contributed by atoms with E-state index in [9.17, 15) is 72.8 Å². The van der Waals surface area contributed by atoms with Gasteiger partial charge >= 0.3 is 7.82 Å². The Morgan fingerprint density at radius 3 is 2.10 bits per heavy atom. The maximum Gasteiger partial charge on any atom is 0.524 e. The first-order valence-corrected chi connectivity index (χ1v) is 25.7. The second kappa shape index (κ2) is 27.6. The number of hydrogen-bond donors (Lipinski definition) is 13. The third-order valence-corrected chi connectivity index (χ3v) is 12.0. The number of phenols is 1. The van der Waals surface area contributed by atoms with Crippen molar-refractivity contribution in [3.05, 3.63) is 100 Å². The van der Waals surface area contributed by atoms with Crippen LogP contribution in [0.3, 0.4) is 0 Å². The number of rotatable bonds is 27. The molecule has 1 aliphatic carbocycles. The van der Waals surface area contributed by atoms with E-state index in [0.717, 1.165) is 12.1 Å². The van der Waals surface area contributed by atoms with E-state index in [1.165, 1.54) is 48.5 Å². The maximum absolute atomic E-state index is 14.1. The van der Waals surface area contributed by atoms with Crippen molar-refractivity contribution in [1.29, 1.82) is 0 Å². The lowest BCUT2D eigenvalue weighted by Gasteiger charge is -2.24. The Balaban J connectivity index is 1.34. The fraction of sp³-hybridized carbons (Fsp3) is 0.320. The molecule has 15 N–H and O–H groups in total. The van der Waals surface area contributed by atoms with Crippen LogP contribution in [-0.2, 0) is 44.5 Å². The number of aromatic hydroxyl groups is 1. The SMILES string of the molecule is CC(C)C[C@H](NC(=O)CNC(=O)[C@H](CCC(N)=O)NC(=O)[C@H](Cc1ccc(OP(=O)(O)O)cc1)NC(=O)CC(O)CNC(=O)c1cc(N=C=S)ccc1-c1c2ccc(=O)cc-2oc2cc(O)ccc12)C(=O)N[C@@H](CO)C(N)=O. The summed E-state index contributed by atoms with van der Waals surface area (Å²) < 4.78 is 22.0. The summed E-state index contributed by atoms with van der Waals surface area (Å²) in [4.78, 5) is 140. The van der Waals surface area contributed by atoms with Crippen molar-refractivity contribution in [2.24, 2.45) is 22.4 Å². The number of nitrogens with one attached hydrogen (secondary N) is 6. The Bertz CT molecular complexity index is 3200. The van der Waals surface area contributed by atoms with Crippen molar-refractivity contribution >= 4 is 89.1 Å². The zero-order valence-electron chi connectivity index (χ0n) is 41.7. The molecule has 5 rings (SSSR count). The van der Waals surface area contributed by atoms with Crippen LogP contribution in [0.1, 0.15) is 55.5 Å². The van der Waals surface area contributed by atoms with Crippen LogP contribution in [0.25, 0.3) is 33.4 Å². The number of thiocarbonyl (C=S) groups is 1. The molecule has 0 spiro atoms. The maximum atomic E-state index is 14.1. The van der Waals surface area contributed by atoms with Crippen molar-refractivity contribution in [3.8, 4) is 33.9 Å². The van der Waals surface area contributed by atoms with Gasteiger partial charge in [0, 0.05) is 53.6 Å². The quantitative estimate of drug-likeness (QED) is 0.0143. The number of carbonyl (C=O) groups excluding carboxylic acids is 8. The van der Waals surface area contributed by atoms with Crippen molar-refractivity contribution in [2.45, 2.75) is 76.2 Å². The van der Waals surface area contributed by atoms with Crippen LogP contribution in [0.15, 0.2) is 93.1 Å². The number of phenolic OH excluding ortho intramolecular Hbond substituents is 1. The molecule has 0 bridgehead atoms. The second-order valence-corrected chi connectivity index (χ2v) is 19.4. The van der Waals surface area contributed by atoms with Gasteiger partial charge in [0.05, 0.1) is 36.5 Å². The minimum absolute atomic E-state index is 0.00699. The number of aliphatic imine (C=N–C) groups is 1. The number of phosphoric acid groups is 1. The Morgan fingerprint density at radius 1 is 0.795 bits per heavy atom. The van der Waals surface area contributed by atoms with Gasteiger partial charge in [0.2, 0.25) is 41.4 Å². The van der Waals surface area contributed by atoms with Crippen molar-refractivity contribution in [1.82, 2.24) is 31.9 Å². The highest BCUT2D eigenvalue weighted by Gasteiger charge is 2.31. The molecule has 28 heteroatoms. The summed E-state index contributed by atoms with van der Waals surface area (Å²) >= 11 is 4.78. The largest absolute Gasteiger partial charge is 0.524 e. The molecule has 414 valence electrons. The van der Waals surface area contributed by atoms with E-state index in [-0.39, 0.29) is 63.8 Å². The highest BCUT2D eigenvalue weighted by Crippen LogP contribution is 2.43. The first-order valence-electron chi connectivity index (χ1n) is 23.7. The summed E-state index contributed by atoms with van der Waals surface area (Å²) in [6.45, 7) is 1.32. The van der Waals surface area contributed by atoms with Crippen LogP contribution in [0, 0.1) is 5.92 Å². The molecular formula is C50H56N9O17PS.